The average molecular weight is 392 g/mol. The zero-order valence-corrected chi connectivity index (χ0v) is 15.7. The molecule has 0 aliphatic heterocycles. The Kier molecular flexibility index (Phi) is 6.93. The Morgan fingerprint density at radius 3 is 2.22 bits per heavy atom. The molecule has 7 heteroatoms. The number of carbonyl (C=O) groups is 2. The lowest BCUT2D eigenvalue weighted by atomic mass is 9.82. The van der Waals surface area contributed by atoms with Crippen LogP contribution in [0.15, 0.2) is 48.5 Å². The van der Waals surface area contributed by atoms with E-state index in [-0.39, 0.29) is 24.2 Å². The number of nitrogens with two attached hydrogens (primary N) is 1. The summed E-state index contributed by atoms with van der Waals surface area (Å²) < 4.78 is 13.2. The molecule has 1 aliphatic rings. The minimum atomic E-state index is -0.849. The quantitative estimate of drug-likeness (QED) is 0.733. The predicted octanol–water partition coefficient (Wildman–Crippen LogP) is 4.10. The van der Waals surface area contributed by atoms with Gasteiger partial charge >= 0.3 is 0 Å². The predicted molar refractivity (Wildman–Crippen MR) is 107 cm³/mol. The summed E-state index contributed by atoms with van der Waals surface area (Å²) in [6.07, 6.45) is 4.32. The van der Waals surface area contributed by atoms with Crippen LogP contribution in [0.1, 0.15) is 42.5 Å². The molecule has 0 saturated heterocycles. The van der Waals surface area contributed by atoms with Crippen molar-refractivity contribution in [2.45, 2.75) is 37.6 Å². The highest BCUT2D eigenvalue weighted by Gasteiger charge is 2.35. The van der Waals surface area contributed by atoms with Crippen molar-refractivity contribution in [1.29, 1.82) is 0 Å². The molecule has 144 valence electrons. The summed E-state index contributed by atoms with van der Waals surface area (Å²) in [6, 6.07) is 12.3. The molecule has 3 rings (SSSR count). The van der Waals surface area contributed by atoms with Crippen molar-refractivity contribution in [3.63, 3.8) is 0 Å². The van der Waals surface area contributed by atoms with Gasteiger partial charge in [0.2, 0.25) is 5.91 Å². The number of rotatable bonds is 4. The lowest BCUT2D eigenvalue weighted by molar-refractivity contribution is -0.122. The number of benzene rings is 2. The van der Waals surface area contributed by atoms with Crippen LogP contribution in [0.5, 0.6) is 0 Å². The number of carbonyl (C=O) groups excluding carboxylic acids is 2. The zero-order chi connectivity index (χ0) is 18.6. The van der Waals surface area contributed by atoms with Crippen molar-refractivity contribution in [2.75, 3.05) is 10.6 Å². The van der Waals surface area contributed by atoms with Gasteiger partial charge in [-0.1, -0.05) is 31.4 Å². The molecule has 0 atom stereocenters. The fraction of sp³-hybridized carbons (Fsp3) is 0.300. The van der Waals surface area contributed by atoms with E-state index in [9.17, 15) is 14.0 Å². The van der Waals surface area contributed by atoms with E-state index in [1.165, 1.54) is 18.2 Å². The van der Waals surface area contributed by atoms with E-state index in [4.69, 9.17) is 5.73 Å². The first kappa shape index (κ1) is 20.9. The maximum Gasteiger partial charge on any atom is 0.255 e. The molecular formula is C20H23ClFN3O2. The van der Waals surface area contributed by atoms with Gasteiger partial charge in [-0.25, -0.2) is 4.39 Å². The first-order valence-electron chi connectivity index (χ1n) is 8.74. The highest BCUT2D eigenvalue weighted by atomic mass is 35.5. The molecule has 1 fully saturated rings. The van der Waals surface area contributed by atoms with Crippen molar-refractivity contribution >= 4 is 35.6 Å². The molecule has 5 nitrogen and oxygen atoms in total. The second kappa shape index (κ2) is 8.97. The maximum absolute atomic E-state index is 13.2. The van der Waals surface area contributed by atoms with E-state index in [0.29, 0.717) is 29.8 Å². The largest absolute Gasteiger partial charge is 0.324 e. The minimum Gasteiger partial charge on any atom is -0.324 e. The number of anilines is 2. The summed E-state index contributed by atoms with van der Waals surface area (Å²) >= 11 is 0. The van der Waals surface area contributed by atoms with Crippen molar-refractivity contribution in [1.82, 2.24) is 0 Å². The highest BCUT2D eigenvalue weighted by molar-refractivity contribution is 6.05. The number of amides is 2. The van der Waals surface area contributed by atoms with Gasteiger partial charge in [0, 0.05) is 16.9 Å². The molecule has 0 unspecified atom stereocenters. The van der Waals surface area contributed by atoms with Crippen molar-refractivity contribution in [3.05, 3.63) is 59.9 Å². The molecule has 2 aromatic carbocycles. The molecule has 0 radical (unpaired) electrons. The second-order valence-electron chi connectivity index (χ2n) is 6.72. The summed E-state index contributed by atoms with van der Waals surface area (Å²) in [5, 5.41) is 5.45. The number of nitrogens with one attached hydrogen (secondary N) is 2. The molecule has 0 bridgehead atoms. The average Bonchev–Trinajstić information content (AvgIpc) is 2.62. The standard InChI is InChI=1S/C20H22FN3O2.ClH/c21-15-7-5-9-17(13-15)23-18(25)14-6-4-8-16(12-14)24-19(26)20(22)10-2-1-3-11-20;/h4-9,12-13H,1-3,10-11,22H2,(H,23,25)(H,24,26);1H. The van der Waals surface area contributed by atoms with Crippen molar-refractivity contribution in [3.8, 4) is 0 Å². The van der Waals surface area contributed by atoms with Gasteiger partial charge in [-0.15, -0.1) is 12.4 Å². The van der Waals surface area contributed by atoms with Gasteiger partial charge in [0.1, 0.15) is 5.82 Å². The van der Waals surface area contributed by atoms with Crippen LogP contribution in [0.3, 0.4) is 0 Å². The van der Waals surface area contributed by atoms with Crippen LogP contribution in [0.25, 0.3) is 0 Å². The minimum absolute atomic E-state index is 0. The fourth-order valence-electron chi connectivity index (χ4n) is 3.17. The van der Waals surface area contributed by atoms with Crippen molar-refractivity contribution in [2.24, 2.45) is 5.73 Å². The van der Waals surface area contributed by atoms with Gasteiger partial charge in [-0.3, -0.25) is 9.59 Å². The third-order valence-corrected chi connectivity index (χ3v) is 4.66. The molecule has 1 saturated carbocycles. The summed E-state index contributed by atoms with van der Waals surface area (Å²) in [4.78, 5) is 24.9. The van der Waals surface area contributed by atoms with Gasteiger partial charge in [0.15, 0.2) is 0 Å². The van der Waals surface area contributed by atoms with E-state index >= 15 is 0 Å². The summed E-state index contributed by atoms with van der Waals surface area (Å²) in [5.41, 5.74) is 6.63. The number of halogens is 2. The van der Waals surface area contributed by atoms with Crippen LogP contribution in [0.4, 0.5) is 15.8 Å². The van der Waals surface area contributed by atoms with E-state index in [0.717, 1.165) is 19.3 Å². The van der Waals surface area contributed by atoms with Crippen LogP contribution in [0, 0.1) is 5.82 Å². The molecule has 27 heavy (non-hydrogen) atoms. The topological polar surface area (TPSA) is 84.2 Å². The Morgan fingerprint density at radius 1 is 0.926 bits per heavy atom. The molecule has 4 N–H and O–H groups in total. The molecule has 0 heterocycles. The number of hydrogen-bond acceptors (Lipinski definition) is 3. The Morgan fingerprint density at radius 2 is 1.56 bits per heavy atom. The van der Waals surface area contributed by atoms with Gasteiger partial charge in [0.05, 0.1) is 5.54 Å². The zero-order valence-electron chi connectivity index (χ0n) is 14.8. The molecule has 2 amide bonds. The van der Waals surface area contributed by atoms with Gasteiger partial charge in [0.25, 0.3) is 5.91 Å². The molecular weight excluding hydrogens is 369 g/mol. The summed E-state index contributed by atoms with van der Waals surface area (Å²) in [6.45, 7) is 0. The van der Waals surface area contributed by atoms with Gasteiger partial charge < -0.3 is 16.4 Å². The highest BCUT2D eigenvalue weighted by Crippen LogP contribution is 2.27. The first-order chi connectivity index (χ1) is 12.5. The van der Waals surface area contributed by atoms with E-state index < -0.39 is 11.4 Å². The van der Waals surface area contributed by atoms with Crippen molar-refractivity contribution < 1.29 is 14.0 Å². The SMILES string of the molecule is Cl.NC1(C(=O)Nc2cccc(C(=O)Nc3cccc(F)c3)c2)CCCCC1. The lowest BCUT2D eigenvalue weighted by Gasteiger charge is -2.31. The van der Waals surface area contributed by atoms with Gasteiger partial charge in [-0.05, 0) is 49.2 Å². The van der Waals surface area contributed by atoms with E-state index in [1.807, 2.05) is 0 Å². The van der Waals surface area contributed by atoms with Crippen LogP contribution >= 0.6 is 12.4 Å². The second-order valence-corrected chi connectivity index (χ2v) is 6.72. The molecule has 0 aromatic heterocycles. The summed E-state index contributed by atoms with van der Waals surface area (Å²) in [7, 11) is 0. The molecule has 0 spiro atoms. The van der Waals surface area contributed by atoms with Crippen LogP contribution < -0.4 is 16.4 Å². The van der Waals surface area contributed by atoms with E-state index in [2.05, 4.69) is 10.6 Å². The Balaban J connectivity index is 0.00000261. The normalized spacial score (nSPS) is 15.3. The van der Waals surface area contributed by atoms with Crippen LogP contribution in [-0.4, -0.2) is 17.4 Å². The third kappa shape index (κ3) is 5.28. The Labute approximate surface area is 163 Å². The van der Waals surface area contributed by atoms with E-state index in [1.54, 1.807) is 30.3 Å². The Hall–Kier alpha value is -2.44. The smallest absolute Gasteiger partial charge is 0.255 e. The lowest BCUT2D eigenvalue weighted by Crippen LogP contribution is -2.52. The van der Waals surface area contributed by atoms with Gasteiger partial charge in [-0.2, -0.15) is 0 Å². The first-order valence-corrected chi connectivity index (χ1v) is 8.74. The number of hydrogen-bond donors (Lipinski definition) is 3. The Bertz CT molecular complexity index is 822. The molecule has 2 aromatic rings. The monoisotopic (exact) mass is 391 g/mol. The third-order valence-electron chi connectivity index (χ3n) is 4.66. The van der Waals surface area contributed by atoms with Crippen LogP contribution in [0.2, 0.25) is 0 Å². The fourth-order valence-corrected chi connectivity index (χ4v) is 3.17. The summed E-state index contributed by atoms with van der Waals surface area (Å²) in [5.74, 6) is -1.03. The molecule has 1 aliphatic carbocycles. The maximum atomic E-state index is 13.2. The van der Waals surface area contributed by atoms with Crippen LogP contribution in [-0.2, 0) is 4.79 Å².